The lowest BCUT2D eigenvalue weighted by Gasteiger charge is -2.18. The van der Waals surface area contributed by atoms with E-state index in [2.05, 4.69) is 19.1 Å². The lowest BCUT2D eigenvalue weighted by atomic mass is 9.87. The molecule has 1 heteroatoms. The zero-order chi connectivity index (χ0) is 9.97. The molecular formula is C13H18N. The predicted molar refractivity (Wildman–Crippen MR) is 60.9 cm³/mol. The Balaban J connectivity index is 2.17. The molecule has 14 heavy (non-hydrogen) atoms. The maximum Gasteiger partial charge on any atom is 0.0314 e. The third kappa shape index (κ3) is 1.77. The van der Waals surface area contributed by atoms with Crippen molar-refractivity contribution >= 4 is 5.69 Å². The standard InChI is InChI=1S/C13H18N/c1-2-10-4-3-5-13(10)11-6-8-12(14)9-7-11/h6-10,13H,1-5,14H2. The summed E-state index contributed by atoms with van der Waals surface area (Å²) in [6, 6.07) is 8.36. The monoisotopic (exact) mass is 188 g/mol. The normalized spacial score (nSPS) is 26.6. The van der Waals surface area contributed by atoms with E-state index < -0.39 is 0 Å². The van der Waals surface area contributed by atoms with Crippen LogP contribution in [0.25, 0.3) is 0 Å². The lowest BCUT2D eigenvalue weighted by molar-refractivity contribution is 0.489. The average molecular weight is 188 g/mol. The second-order valence-electron chi connectivity index (χ2n) is 4.25. The van der Waals surface area contributed by atoms with Gasteiger partial charge in [-0.15, -0.1) is 0 Å². The molecule has 75 valence electrons. The van der Waals surface area contributed by atoms with Gasteiger partial charge in [0, 0.05) is 5.69 Å². The SMILES string of the molecule is [CH2]CC1CCCC1c1ccc(N)cc1. The van der Waals surface area contributed by atoms with Gasteiger partial charge < -0.3 is 5.73 Å². The van der Waals surface area contributed by atoms with Gasteiger partial charge in [-0.2, -0.15) is 0 Å². The summed E-state index contributed by atoms with van der Waals surface area (Å²) in [4.78, 5) is 0. The summed E-state index contributed by atoms with van der Waals surface area (Å²) < 4.78 is 0. The van der Waals surface area contributed by atoms with Crippen LogP contribution in [0, 0.1) is 12.8 Å². The molecule has 2 atom stereocenters. The first-order valence-corrected chi connectivity index (χ1v) is 5.46. The van der Waals surface area contributed by atoms with Gasteiger partial charge in [0.1, 0.15) is 0 Å². The van der Waals surface area contributed by atoms with Crippen LogP contribution in [0.5, 0.6) is 0 Å². The molecule has 0 amide bonds. The van der Waals surface area contributed by atoms with Crippen molar-refractivity contribution in [3.8, 4) is 0 Å². The van der Waals surface area contributed by atoms with Crippen LogP contribution in [0.1, 0.15) is 37.2 Å². The van der Waals surface area contributed by atoms with Crippen molar-refractivity contribution in [3.63, 3.8) is 0 Å². The summed E-state index contributed by atoms with van der Waals surface area (Å²) in [6.07, 6.45) is 5.09. The van der Waals surface area contributed by atoms with Crippen molar-refractivity contribution in [1.29, 1.82) is 0 Å². The van der Waals surface area contributed by atoms with Crippen molar-refractivity contribution in [1.82, 2.24) is 0 Å². The molecule has 0 aromatic heterocycles. The predicted octanol–water partition coefficient (Wildman–Crippen LogP) is 3.38. The third-order valence-electron chi connectivity index (χ3n) is 3.39. The third-order valence-corrected chi connectivity index (χ3v) is 3.39. The second-order valence-corrected chi connectivity index (χ2v) is 4.25. The van der Waals surface area contributed by atoms with E-state index in [0.717, 1.165) is 23.9 Å². The summed E-state index contributed by atoms with van der Waals surface area (Å²) in [5.74, 6) is 1.52. The Morgan fingerprint density at radius 3 is 2.57 bits per heavy atom. The van der Waals surface area contributed by atoms with Crippen LogP contribution < -0.4 is 5.73 Å². The fourth-order valence-corrected chi connectivity index (χ4v) is 2.56. The maximum atomic E-state index is 5.68. The topological polar surface area (TPSA) is 26.0 Å². The van der Waals surface area contributed by atoms with Crippen molar-refractivity contribution < 1.29 is 0 Å². The Morgan fingerprint density at radius 1 is 1.21 bits per heavy atom. The lowest BCUT2D eigenvalue weighted by Crippen LogP contribution is -2.04. The first-order valence-electron chi connectivity index (χ1n) is 5.46. The molecule has 0 spiro atoms. The summed E-state index contributed by atoms with van der Waals surface area (Å²) in [5.41, 5.74) is 7.99. The summed E-state index contributed by atoms with van der Waals surface area (Å²) in [5, 5.41) is 0. The van der Waals surface area contributed by atoms with Crippen LogP contribution in [-0.2, 0) is 0 Å². The van der Waals surface area contributed by atoms with Gasteiger partial charge in [-0.05, 0) is 48.8 Å². The fraction of sp³-hybridized carbons (Fsp3) is 0.462. The van der Waals surface area contributed by atoms with Crippen LogP contribution in [0.3, 0.4) is 0 Å². The van der Waals surface area contributed by atoms with Gasteiger partial charge in [-0.1, -0.05) is 25.5 Å². The minimum atomic E-state index is 0.730. The van der Waals surface area contributed by atoms with Crippen molar-refractivity contribution in [3.05, 3.63) is 36.8 Å². The minimum absolute atomic E-state index is 0.730. The zero-order valence-corrected chi connectivity index (χ0v) is 8.58. The first kappa shape index (κ1) is 9.57. The Labute approximate surface area is 86.3 Å². The molecule has 1 aromatic rings. The Morgan fingerprint density at radius 2 is 1.93 bits per heavy atom. The molecule has 0 aliphatic heterocycles. The number of hydrogen-bond donors (Lipinski definition) is 1. The number of nitrogen functional groups attached to an aromatic ring is 1. The molecule has 1 saturated carbocycles. The van der Waals surface area contributed by atoms with E-state index in [0.29, 0.717) is 0 Å². The minimum Gasteiger partial charge on any atom is -0.399 e. The van der Waals surface area contributed by atoms with Crippen LogP contribution in [0.2, 0.25) is 0 Å². The molecule has 1 radical (unpaired) electrons. The van der Waals surface area contributed by atoms with E-state index in [1.807, 2.05) is 12.1 Å². The van der Waals surface area contributed by atoms with Crippen LogP contribution in [0.15, 0.2) is 24.3 Å². The molecule has 0 heterocycles. The van der Waals surface area contributed by atoms with Crippen molar-refractivity contribution in [2.45, 2.75) is 31.6 Å². The highest BCUT2D eigenvalue weighted by Gasteiger charge is 2.26. The van der Waals surface area contributed by atoms with Crippen molar-refractivity contribution in [2.75, 3.05) is 5.73 Å². The number of benzene rings is 1. The van der Waals surface area contributed by atoms with Gasteiger partial charge in [0.15, 0.2) is 0 Å². The highest BCUT2D eigenvalue weighted by Crippen LogP contribution is 2.41. The number of rotatable bonds is 2. The van der Waals surface area contributed by atoms with E-state index in [9.17, 15) is 0 Å². The molecule has 2 rings (SSSR count). The quantitative estimate of drug-likeness (QED) is 0.707. The summed E-state index contributed by atoms with van der Waals surface area (Å²) in [6.45, 7) is 4.04. The van der Waals surface area contributed by atoms with Gasteiger partial charge in [0.05, 0.1) is 0 Å². The molecule has 1 nitrogen and oxygen atoms in total. The van der Waals surface area contributed by atoms with Gasteiger partial charge in [0.2, 0.25) is 0 Å². The van der Waals surface area contributed by atoms with Crippen LogP contribution >= 0.6 is 0 Å². The molecule has 1 aromatic carbocycles. The van der Waals surface area contributed by atoms with E-state index in [4.69, 9.17) is 5.73 Å². The number of hydrogen-bond acceptors (Lipinski definition) is 1. The molecule has 1 fully saturated rings. The first-order chi connectivity index (χ1) is 6.81. The molecule has 0 saturated heterocycles. The largest absolute Gasteiger partial charge is 0.399 e. The van der Waals surface area contributed by atoms with E-state index in [1.165, 1.54) is 24.8 Å². The van der Waals surface area contributed by atoms with Crippen LogP contribution in [0.4, 0.5) is 5.69 Å². The van der Waals surface area contributed by atoms with Gasteiger partial charge in [-0.25, -0.2) is 0 Å². The molecule has 0 bridgehead atoms. The van der Waals surface area contributed by atoms with E-state index >= 15 is 0 Å². The van der Waals surface area contributed by atoms with Crippen molar-refractivity contribution in [2.24, 2.45) is 5.92 Å². The highest BCUT2D eigenvalue weighted by atomic mass is 14.5. The smallest absolute Gasteiger partial charge is 0.0314 e. The second kappa shape index (κ2) is 4.04. The molecule has 1 aliphatic rings. The average Bonchev–Trinajstić information content (AvgIpc) is 2.67. The van der Waals surface area contributed by atoms with E-state index in [1.54, 1.807) is 0 Å². The molecule has 2 unspecified atom stereocenters. The van der Waals surface area contributed by atoms with Gasteiger partial charge in [0.25, 0.3) is 0 Å². The van der Waals surface area contributed by atoms with Gasteiger partial charge in [-0.3, -0.25) is 0 Å². The highest BCUT2D eigenvalue weighted by molar-refractivity contribution is 5.40. The van der Waals surface area contributed by atoms with Gasteiger partial charge >= 0.3 is 0 Å². The molecule has 1 aliphatic carbocycles. The molecule has 2 N–H and O–H groups in total. The molecular weight excluding hydrogens is 170 g/mol. The Kier molecular flexibility index (Phi) is 2.76. The number of anilines is 1. The fourth-order valence-electron chi connectivity index (χ4n) is 2.56. The number of nitrogens with two attached hydrogens (primary N) is 1. The maximum absolute atomic E-state index is 5.68. The summed E-state index contributed by atoms with van der Waals surface area (Å²) >= 11 is 0. The van der Waals surface area contributed by atoms with E-state index in [-0.39, 0.29) is 0 Å². The Bertz CT molecular complexity index is 289. The Hall–Kier alpha value is -0.980. The zero-order valence-electron chi connectivity index (χ0n) is 8.58. The van der Waals surface area contributed by atoms with Crippen LogP contribution in [-0.4, -0.2) is 0 Å². The summed E-state index contributed by atoms with van der Waals surface area (Å²) in [7, 11) is 0.